The fraction of sp³-hybridized carbons (Fsp3) is 0.370. The lowest BCUT2D eigenvalue weighted by atomic mass is 10.0. The van der Waals surface area contributed by atoms with Gasteiger partial charge in [0, 0.05) is 66.6 Å². The highest BCUT2D eigenvalue weighted by atomic mass is 16.6. The molecule has 0 saturated carbocycles. The highest BCUT2D eigenvalue weighted by Gasteiger charge is 2.27. The van der Waals surface area contributed by atoms with Gasteiger partial charge >= 0.3 is 6.03 Å². The Balaban J connectivity index is 1.68. The maximum absolute atomic E-state index is 12.7. The molecule has 9 heteroatoms. The molecular formula is C27H32N6O3. The van der Waals surface area contributed by atoms with Crippen LogP contribution in [0.5, 0.6) is 0 Å². The minimum atomic E-state index is -0.351. The molecule has 0 atom stereocenters. The van der Waals surface area contributed by atoms with E-state index in [4.69, 9.17) is 9.97 Å². The highest BCUT2D eigenvalue weighted by molar-refractivity contribution is 5.75. The van der Waals surface area contributed by atoms with Crippen molar-refractivity contribution in [2.45, 2.75) is 39.7 Å². The lowest BCUT2D eigenvalue weighted by Crippen LogP contribution is -2.55. The molecule has 36 heavy (non-hydrogen) atoms. The van der Waals surface area contributed by atoms with Crippen LogP contribution in [0.2, 0.25) is 0 Å². The van der Waals surface area contributed by atoms with Gasteiger partial charge in [-0.25, -0.2) is 14.8 Å². The van der Waals surface area contributed by atoms with Crippen LogP contribution in [0, 0.1) is 17.0 Å². The zero-order chi connectivity index (χ0) is 25.9. The number of nitro benzene ring substituents is 1. The second-order valence-electron chi connectivity index (χ2n) is 10.0. The summed E-state index contributed by atoms with van der Waals surface area (Å²) in [4.78, 5) is 37.7. The molecule has 9 nitrogen and oxygen atoms in total. The first-order valence-corrected chi connectivity index (χ1v) is 12.1. The van der Waals surface area contributed by atoms with E-state index in [1.807, 2.05) is 69.0 Å². The molecule has 0 radical (unpaired) electrons. The van der Waals surface area contributed by atoms with Gasteiger partial charge in [-0.2, -0.15) is 0 Å². The van der Waals surface area contributed by atoms with Crippen LogP contribution in [0.4, 0.5) is 16.3 Å². The van der Waals surface area contributed by atoms with E-state index in [0.717, 1.165) is 22.6 Å². The summed E-state index contributed by atoms with van der Waals surface area (Å²) in [5.41, 5.74) is 2.94. The summed E-state index contributed by atoms with van der Waals surface area (Å²) in [6.07, 6.45) is 0.345. The molecular weight excluding hydrogens is 456 g/mol. The summed E-state index contributed by atoms with van der Waals surface area (Å²) in [5.74, 6) is 1.37. The largest absolute Gasteiger partial charge is 0.353 e. The first-order valence-electron chi connectivity index (χ1n) is 12.1. The molecule has 1 saturated heterocycles. The molecule has 1 N–H and O–H groups in total. The van der Waals surface area contributed by atoms with Gasteiger partial charge in [-0.3, -0.25) is 10.1 Å². The van der Waals surface area contributed by atoms with Gasteiger partial charge in [0.15, 0.2) is 5.82 Å². The molecule has 1 fully saturated rings. The molecule has 1 aliphatic rings. The van der Waals surface area contributed by atoms with Crippen LogP contribution in [-0.2, 0) is 6.42 Å². The number of urea groups is 1. The van der Waals surface area contributed by atoms with Crippen LogP contribution < -0.4 is 10.2 Å². The van der Waals surface area contributed by atoms with E-state index in [0.29, 0.717) is 44.0 Å². The molecule has 0 unspecified atom stereocenters. The third-order valence-corrected chi connectivity index (χ3v) is 6.13. The van der Waals surface area contributed by atoms with Gasteiger partial charge in [-0.15, -0.1) is 0 Å². The van der Waals surface area contributed by atoms with E-state index in [-0.39, 0.29) is 22.2 Å². The Bertz CT molecular complexity index is 1250. The number of nitro groups is 1. The quantitative estimate of drug-likeness (QED) is 0.416. The number of hydrogen-bond acceptors (Lipinski definition) is 6. The van der Waals surface area contributed by atoms with E-state index in [2.05, 4.69) is 10.2 Å². The van der Waals surface area contributed by atoms with E-state index in [1.165, 1.54) is 6.07 Å². The van der Waals surface area contributed by atoms with Crippen LogP contribution in [0.25, 0.3) is 11.4 Å². The van der Waals surface area contributed by atoms with Gasteiger partial charge in [0.05, 0.1) is 4.92 Å². The summed E-state index contributed by atoms with van der Waals surface area (Å²) >= 11 is 0. The maximum atomic E-state index is 12.7. The number of carbonyl (C=O) groups excluding carboxylic acids is 1. The average molecular weight is 489 g/mol. The molecule has 2 amide bonds. The van der Waals surface area contributed by atoms with E-state index >= 15 is 0 Å². The number of aryl methyl sites for hydroxylation is 1. The van der Waals surface area contributed by atoms with Crippen molar-refractivity contribution in [1.82, 2.24) is 20.2 Å². The standard InChI is InChI=1S/C27H32N6O3/c1-19-22(18-21-12-8-9-13-23(21)33(35)36)25(29-24(28-19)20-10-6-5-7-11-20)31-14-16-32(17-15-31)26(34)30-27(2,3)4/h5-13H,14-18H2,1-4H3,(H,30,34). The smallest absolute Gasteiger partial charge is 0.317 e. The van der Waals surface area contributed by atoms with Crippen molar-refractivity contribution in [3.05, 3.63) is 81.5 Å². The van der Waals surface area contributed by atoms with Crippen molar-refractivity contribution in [2.75, 3.05) is 31.1 Å². The third kappa shape index (κ3) is 5.79. The lowest BCUT2D eigenvalue weighted by Gasteiger charge is -2.37. The Morgan fingerprint density at radius 1 is 1.00 bits per heavy atom. The number of aromatic nitrogens is 2. The normalized spacial score (nSPS) is 14.0. The number of rotatable bonds is 5. The maximum Gasteiger partial charge on any atom is 0.317 e. The summed E-state index contributed by atoms with van der Waals surface area (Å²) in [5, 5.41) is 14.7. The second kappa shape index (κ2) is 10.3. The number of anilines is 1. The molecule has 0 aliphatic carbocycles. The van der Waals surface area contributed by atoms with Crippen molar-refractivity contribution in [3.63, 3.8) is 0 Å². The predicted octanol–water partition coefficient (Wildman–Crippen LogP) is 4.58. The summed E-state index contributed by atoms with van der Waals surface area (Å²) in [6, 6.07) is 16.5. The second-order valence-corrected chi connectivity index (χ2v) is 10.0. The number of hydrogen-bond donors (Lipinski definition) is 1. The van der Waals surface area contributed by atoms with Gasteiger partial charge in [-0.1, -0.05) is 48.5 Å². The molecule has 188 valence electrons. The molecule has 0 bridgehead atoms. The Labute approximate surface area is 211 Å². The number of carbonyl (C=O) groups is 1. The zero-order valence-electron chi connectivity index (χ0n) is 21.2. The molecule has 0 spiro atoms. The van der Waals surface area contributed by atoms with E-state index in [9.17, 15) is 14.9 Å². The SMILES string of the molecule is Cc1nc(-c2ccccc2)nc(N2CCN(C(=O)NC(C)(C)C)CC2)c1Cc1ccccc1[N+](=O)[O-]. The number of benzene rings is 2. The minimum Gasteiger partial charge on any atom is -0.353 e. The van der Waals surface area contributed by atoms with Crippen molar-refractivity contribution in [2.24, 2.45) is 0 Å². The average Bonchev–Trinajstić information content (AvgIpc) is 2.85. The van der Waals surface area contributed by atoms with Gasteiger partial charge in [0.2, 0.25) is 0 Å². The first kappa shape index (κ1) is 25.1. The van der Waals surface area contributed by atoms with Gasteiger partial charge in [-0.05, 0) is 27.7 Å². The van der Waals surface area contributed by atoms with Gasteiger partial charge in [0.1, 0.15) is 5.82 Å². The topological polar surface area (TPSA) is 104 Å². The van der Waals surface area contributed by atoms with Crippen molar-refractivity contribution in [3.8, 4) is 11.4 Å². The summed E-state index contributed by atoms with van der Waals surface area (Å²) in [7, 11) is 0. The predicted molar refractivity (Wildman–Crippen MR) is 140 cm³/mol. The Morgan fingerprint density at radius 3 is 2.28 bits per heavy atom. The molecule has 3 aromatic rings. The van der Waals surface area contributed by atoms with Crippen molar-refractivity contribution < 1.29 is 9.72 Å². The molecule has 1 aromatic heterocycles. The monoisotopic (exact) mass is 488 g/mol. The fourth-order valence-electron chi connectivity index (χ4n) is 4.32. The fourth-order valence-corrected chi connectivity index (χ4v) is 4.32. The minimum absolute atomic E-state index is 0.0777. The zero-order valence-corrected chi connectivity index (χ0v) is 21.2. The Kier molecular flexibility index (Phi) is 7.19. The summed E-state index contributed by atoms with van der Waals surface area (Å²) in [6.45, 7) is 10.1. The number of para-hydroxylation sites is 1. The van der Waals surface area contributed by atoms with Crippen LogP contribution in [0.3, 0.4) is 0 Å². The molecule has 2 heterocycles. The van der Waals surface area contributed by atoms with Gasteiger partial charge in [0.25, 0.3) is 5.69 Å². The van der Waals surface area contributed by atoms with Crippen molar-refractivity contribution in [1.29, 1.82) is 0 Å². The number of amides is 2. The Morgan fingerprint density at radius 2 is 1.64 bits per heavy atom. The summed E-state index contributed by atoms with van der Waals surface area (Å²) < 4.78 is 0. The lowest BCUT2D eigenvalue weighted by molar-refractivity contribution is -0.385. The first-order chi connectivity index (χ1) is 17.1. The third-order valence-electron chi connectivity index (χ3n) is 6.13. The van der Waals surface area contributed by atoms with E-state index < -0.39 is 0 Å². The molecule has 2 aromatic carbocycles. The van der Waals surface area contributed by atoms with Crippen LogP contribution in [-0.4, -0.2) is 57.5 Å². The van der Waals surface area contributed by atoms with Crippen LogP contribution in [0.1, 0.15) is 37.6 Å². The number of piperazine rings is 1. The number of nitrogens with zero attached hydrogens (tertiary/aromatic N) is 5. The number of nitrogens with one attached hydrogen (secondary N) is 1. The highest BCUT2D eigenvalue weighted by Crippen LogP contribution is 2.30. The van der Waals surface area contributed by atoms with Gasteiger partial charge < -0.3 is 15.1 Å². The van der Waals surface area contributed by atoms with Crippen LogP contribution in [0.15, 0.2) is 54.6 Å². The van der Waals surface area contributed by atoms with Crippen molar-refractivity contribution >= 4 is 17.5 Å². The Hall–Kier alpha value is -4.01. The molecule has 4 rings (SSSR count). The molecule has 1 aliphatic heterocycles. The van der Waals surface area contributed by atoms with E-state index in [1.54, 1.807) is 12.1 Å². The van der Waals surface area contributed by atoms with Crippen LogP contribution >= 0.6 is 0 Å².